The quantitative estimate of drug-likeness (QED) is 0.627. The fraction of sp³-hybridized carbons (Fsp3) is 0.455. The summed E-state index contributed by atoms with van der Waals surface area (Å²) < 4.78 is 0. The lowest BCUT2D eigenvalue weighted by atomic mass is 10.2. The predicted octanol–water partition coefficient (Wildman–Crippen LogP) is 0.786. The lowest BCUT2D eigenvalue weighted by Gasteiger charge is -2.15. The number of rotatable bonds is 3. The molecule has 0 amide bonds. The van der Waals surface area contributed by atoms with Gasteiger partial charge in [-0.3, -0.25) is 15.0 Å². The second-order valence-electron chi connectivity index (χ2n) is 4.36. The molecule has 7 heteroatoms. The maximum absolute atomic E-state index is 10.7. The largest absolute Gasteiger partial charge is 0.389 e. The molecule has 0 bridgehead atoms. The highest BCUT2D eigenvalue weighted by Gasteiger charge is 2.29. The van der Waals surface area contributed by atoms with Crippen LogP contribution in [0.2, 0.25) is 5.02 Å². The number of aliphatic hydroxyl groups is 2. The van der Waals surface area contributed by atoms with E-state index in [1.54, 1.807) is 4.90 Å². The minimum atomic E-state index is -0.775. The van der Waals surface area contributed by atoms with Gasteiger partial charge in [-0.2, -0.15) is 0 Å². The molecule has 1 saturated heterocycles. The van der Waals surface area contributed by atoms with Gasteiger partial charge in [0.1, 0.15) is 0 Å². The molecule has 1 aliphatic heterocycles. The Morgan fingerprint density at radius 2 is 2.00 bits per heavy atom. The highest BCUT2D eigenvalue weighted by atomic mass is 35.5. The van der Waals surface area contributed by atoms with Crippen molar-refractivity contribution in [1.82, 2.24) is 4.90 Å². The molecule has 0 aliphatic carbocycles. The number of nitro benzene ring substituents is 1. The molecule has 0 spiro atoms. The number of halogens is 1. The lowest BCUT2D eigenvalue weighted by molar-refractivity contribution is -0.384. The van der Waals surface area contributed by atoms with E-state index in [9.17, 15) is 20.3 Å². The van der Waals surface area contributed by atoms with Crippen LogP contribution in [0.4, 0.5) is 5.69 Å². The van der Waals surface area contributed by atoms with E-state index < -0.39 is 17.1 Å². The number of nitro groups is 1. The van der Waals surface area contributed by atoms with E-state index in [0.29, 0.717) is 30.2 Å². The molecule has 1 aliphatic rings. The van der Waals surface area contributed by atoms with Crippen molar-refractivity contribution in [3.8, 4) is 0 Å². The van der Waals surface area contributed by atoms with Gasteiger partial charge >= 0.3 is 0 Å². The second kappa shape index (κ2) is 5.19. The van der Waals surface area contributed by atoms with E-state index in [4.69, 9.17) is 11.6 Å². The van der Waals surface area contributed by atoms with Gasteiger partial charge in [0, 0.05) is 36.8 Å². The van der Waals surface area contributed by atoms with Crippen molar-refractivity contribution in [1.29, 1.82) is 0 Å². The molecule has 2 rings (SSSR count). The summed E-state index contributed by atoms with van der Waals surface area (Å²) in [4.78, 5) is 12.0. The number of hydrogen-bond donors (Lipinski definition) is 2. The molecule has 6 nitrogen and oxygen atoms in total. The third-order valence-corrected chi connectivity index (χ3v) is 3.34. The fourth-order valence-corrected chi connectivity index (χ4v) is 2.19. The number of hydrogen-bond acceptors (Lipinski definition) is 5. The molecule has 0 saturated carbocycles. The van der Waals surface area contributed by atoms with Crippen LogP contribution in [0.3, 0.4) is 0 Å². The number of nitrogens with zero attached hydrogens (tertiary/aromatic N) is 2. The van der Waals surface area contributed by atoms with Gasteiger partial charge in [0.05, 0.1) is 17.1 Å². The lowest BCUT2D eigenvalue weighted by Crippen LogP contribution is -2.22. The van der Waals surface area contributed by atoms with Crippen LogP contribution in [0.5, 0.6) is 0 Å². The molecular formula is C11H13ClN2O4. The molecule has 1 aromatic rings. The summed E-state index contributed by atoms with van der Waals surface area (Å²) in [5.41, 5.74) is 0.599. The van der Waals surface area contributed by atoms with Crippen molar-refractivity contribution < 1.29 is 15.1 Å². The summed E-state index contributed by atoms with van der Waals surface area (Å²) in [5, 5.41) is 30.0. The molecule has 2 unspecified atom stereocenters. The molecule has 1 heterocycles. The van der Waals surface area contributed by atoms with Crippen LogP contribution >= 0.6 is 11.6 Å². The monoisotopic (exact) mass is 272 g/mol. The molecule has 2 N–H and O–H groups in total. The zero-order valence-electron chi connectivity index (χ0n) is 9.49. The van der Waals surface area contributed by atoms with Gasteiger partial charge in [-0.15, -0.1) is 0 Å². The number of aliphatic hydroxyl groups excluding tert-OH is 2. The van der Waals surface area contributed by atoms with Crippen LogP contribution in [0.1, 0.15) is 5.56 Å². The van der Waals surface area contributed by atoms with E-state index >= 15 is 0 Å². The SMILES string of the molecule is O=[N+]([O-])c1ccc(Cl)c(CN2CC(O)C(O)C2)c1. The maximum Gasteiger partial charge on any atom is 0.269 e. The van der Waals surface area contributed by atoms with Crippen molar-refractivity contribution in [2.45, 2.75) is 18.8 Å². The molecule has 1 fully saturated rings. The van der Waals surface area contributed by atoms with Gasteiger partial charge in [-0.1, -0.05) is 11.6 Å². The van der Waals surface area contributed by atoms with Crippen molar-refractivity contribution in [3.63, 3.8) is 0 Å². The molecule has 98 valence electrons. The Hall–Kier alpha value is -1.21. The third-order valence-electron chi connectivity index (χ3n) is 2.97. The minimum Gasteiger partial charge on any atom is -0.389 e. The summed E-state index contributed by atoms with van der Waals surface area (Å²) in [7, 11) is 0. The molecule has 0 aromatic heterocycles. The zero-order chi connectivity index (χ0) is 13.3. The maximum atomic E-state index is 10.7. The zero-order valence-corrected chi connectivity index (χ0v) is 10.2. The first-order valence-corrected chi connectivity index (χ1v) is 5.86. The number of non-ortho nitro benzene ring substituents is 1. The van der Waals surface area contributed by atoms with Gasteiger partial charge in [0.25, 0.3) is 5.69 Å². The molecule has 18 heavy (non-hydrogen) atoms. The summed E-state index contributed by atoms with van der Waals surface area (Å²) >= 11 is 5.98. The highest BCUT2D eigenvalue weighted by Crippen LogP contribution is 2.24. The fourth-order valence-electron chi connectivity index (χ4n) is 2.01. The van der Waals surface area contributed by atoms with E-state index in [1.807, 2.05) is 0 Å². The Kier molecular flexibility index (Phi) is 3.82. The van der Waals surface area contributed by atoms with Crippen LogP contribution in [0.15, 0.2) is 18.2 Å². The summed E-state index contributed by atoms with van der Waals surface area (Å²) in [6.45, 7) is 1.04. The Morgan fingerprint density at radius 3 is 2.56 bits per heavy atom. The number of likely N-dealkylation sites (tertiary alicyclic amines) is 1. The first kappa shape index (κ1) is 13.2. The van der Waals surface area contributed by atoms with Gasteiger partial charge in [-0.05, 0) is 11.6 Å². The second-order valence-corrected chi connectivity index (χ2v) is 4.77. The van der Waals surface area contributed by atoms with Gasteiger partial charge in [0.15, 0.2) is 0 Å². The number of benzene rings is 1. The minimum absolute atomic E-state index is 0.0188. The Labute approximate surface area is 109 Å². The van der Waals surface area contributed by atoms with Crippen molar-refractivity contribution in [3.05, 3.63) is 38.9 Å². The smallest absolute Gasteiger partial charge is 0.269 e. The van der Waals surface area contributed by atoms with Crippen LogP contribution < -0.4 is 0 Å². The average Bonchev–Trinajstić information content (AvgIpc) is 2.61. The Bertz CT molecular complexity index is 458. The third kappa shape index (κ3) is 2.78. The number of β-amino-alcohol motifs (C(OH)–C–C–N with tert-alkyl or cyclic N) is 2. The van der Waals surface area contributed by atoms with Crippen LogP contribution in [0.25, 0.3) is 0 Å². The van der Waals surface area contributed by atoms with Crippen molar-refractivity contribution >= 4 is 17.3 Å². The molecule has 0 radical (unpaired) electrons. The highest BCUT2D eigenvalue weighted by molar-refractivity contribution is 6.31. The summed E-state index contributed by atoms with van der Waals surface area (Å²) in [6.07, 6.45) is -1.55. The van der Waals surface area contributed by atoms with Gasteiger partial charge in [0.2, 0.25) is 0 Å². The summed E-state index contributed by atoms with van der Waals surface area (Å²) in [5.74, 6) is 0. The first-order valence-electron chi connectivity index (χ1n) is 5.48. The van der Waals surface area contributed by atoms with Crippen LogP contribution in [-0.2, 0) is 6.54 Å². The Balaban J connectivity index is 2.14. The van der Waals surface area contributed by atoms with Gasteiger partial charge in [-0.25, -0.2) is 0 Å². The van der Waals surface area contributed by atoms with Crippen LogP contribution in [-0.4, -0.2) is 45.3 Å². The van der Waals surface area contributed by atoms with E-state index in [1.165, 1.54) is 18.2 Å². The predicted molar refractivity (Wildman–Crippen MR) is 65.4 cm³/mol. The normalized spacial score (nSPS) is 24.4. The van der Waals surface area contributed by atoms with E-state index in [-0.39, 0.29) is 5.69 Å². The Morgan fingerprint density at radius 1 is 1.39 bits per heavy atom. The van der Waals surface area contributed by atoms with Crippen molar-refractivity contribution in [2.75, 3.05) is 13.1 Å². The van der Waals surface area contributed by atoms with Gasteiger partial charge < -0.3 is 10.2 Å². The standard InChI is InChI=1S/C11H13ClN2O4/c12-9-2-1-8(14(17)18)3-7(9)4-13-5-10(15)11(16)6-13/h1-3,10-11,15-16H,4-6H2. The molecule has 1 aromatic carbocycles. The van der Waals surface area contributed by atoms with E-state index in [0.717, 1.165) is 0 Å². The summed E-state index contributed by atoms with van der Waals surface area (Å²) in [6, 6.07) is 4.25. The molecule has 2 atom stereocenters. The van der Waals surface area contributed by atoms with Crippen molar-refractivity contribution in [2.24, 2.45) is 0 Å². The average molecular weight is 273 g/mol. The molecular weight excluding hydrogens is 260 g/mol. The first-order chi connectivity index (χ1) is 8.47. The van der Waals surface area contributed by atoms with Crippen LogP contribution in [0, 0.1) is 10.1 Å². The topological polar surface area (TPSA) is 86.8 Å². The van der Waals surface area contributed by atoms with E-state index in [2.05, 4.69) is 0 Å².